The topological polar surface area (TPSA) is 0 Å². The maximum atomic E-state index is 4.30. The van der Waals surface area contributed by atoms with Crippen molar-refractivity contribution >= 4 is 0 Å². The average molecular weight is 337 g/mol. The second-order valence-corrected chi connectivity index (χ2v) is 7.44. The van der Waals surface area contributed by atoms with Crippen molar-refractivity contribution in [3.05, 3.63) is 83.5 Å². The predicted octanol–water partition coefficient (Wildman–Crippen LogP) is 8.01. The number of hydrogen-bond acceptors (Lipinski definition) is 0. The van der Waals surface area contributed by atoms with E-state index in [-0.39, 0.29) is 0 Å². The van der Waals surface area contributed by atoms with Crippen molar-refractivity contribution in [3.8, 4) is 0 Å². The largest absolute Gasteiger partial charge is 0.0993 e. The van der Waals surface area contributed by atoms with E-state index in [1.807, 2.05) is 0 Å². The highest BCUT2D eigenvalue weighted by Crippen LogP contribution is 2.21. The molecule has 0 bridgehead atoms. The fourth-order valence-corrected chi connectivity index (χ4v) is 2.76. The lowest BCUT2D eigenvalue weighted by Gasteiger charge is -2.12. The van der Waals surface area contributed by atoms with Crippen molar-refractivity contribution in [2.24, 2.45) is 5.92 Å². The van der Waals surface area contributed by atoms with Gasteiger partial charge in [-0.25, -0.2) is 0 Å². The highest BCUT2D eigenvalue weighted by atomic mass is 14.1. The van der Waals surface area contributed by atoms with Gasteiger partial charge in [0.25, 0.3) is 0 Å². The van der Waals surface area contributed by atoms with Crippen LogP contribution in [0.25, 0.3) is 0 Å². The van der Waals surface area contributed by atoms with E-state index in [1.165, 1.54) is 28.7 Å². The fourth-order valence-electron chi connectivity index (χ4n) is 2.76. The van der Waals surface area contributed by atoms with Crippen LogP contribution in [0.1, 0.15) is 71.8 Å². The molecule has 0 aliphatic carbocycles. The van der Waals surface area contributed by atoms with Gasteiger partial charge >= 0.3 is 0 Å². The fraction of sp³-hybridized carbons (Fsp3) is 0.440. The van der Waals surface area contributed by atoms with Crippen LogP contribution in [-0.2, 0) is 0 Å². The smallest absolute Gasteiger partial charge is 0.00102 e. The predicted molar refractivity (Wildman–Crippen MR) is 114 cm³/mol. The Morgan fingerprint density at radius 2 is 1.56 bits per heavy atom. The van der Waals surface area contributed by atoms with E-state index in [1.54, 1.807) is 0 Å². The van der Waals surface area contributed by atoms with E-state index in [9.17, 15) is 0 Å². The van der Waals surface area contributed by atoms with Gasteiger partial charge in [0, 0.05) is 0 Å². The first-order valence-electron chi connectivity index (χ1n) is 9.60. The van der Waals surface area contributed by atoms with Gasteiger partial charge in [0.15, 0.2) is 0 Å². The molecule has 2 unspecified atom stereocenters. The van der Waals surface area contributed by atoms with Gasteiger partial charge in [-0.1, -0.05) is 91.8 Å². The third-order valence-electron chi connectivity index (χ3n) is 4.71. The molecule has 0 saturated carbocycles. The minimum atomic E-state index is 0.436. The van der Waals surface area contributed by atoms with Crippen LogP contribution in [0.4, 0.5) is 0 Å². The Morgan fingerprint density at radius 3 is 2.20 bits per heavy atom. The standard InChI is InChI=1S/C25H36/c1-20(2)12-10-13-21(3)14-11-15-22(4)23(5)18-19-24(6)25-16-8-7-9-17-25/h7-9,12,14,16-19,23-24H,4,10-11,13,15H2,1-3,5-6H3/b19-18+,21-14+. The second-order valence-electron chi connectivity index (χ2n) is 7.44. The van der Waals surface area contributed by atoms with Crippen molar-refractivity contribution in [1.82, 2.24) is 0 Å². The lowest BCUT2D eigenvalue weighted by atomic mass is 9.94. The molecule has 0 N–H and O–H groups in total. The average Bonchev–Trinajstić information content (AvgIpc) is 2.59. The van der Waals surface area contributed by atoms with Crippen LogP contribution in [0.5, 0.6) is 0 Å². The van der Waals surface area contributed by atoms with E-state index in [0.717, 1.165) is 19.3 Å². The Bertz CT molecular complexity index is 594. The van der Waals surface area contributed by atoms with Gasteiger partial charge in [0.05, 0.1) is 0 Å². The molecule has 0 heteroatoms. The normalized spacial score (nSPS) is 14.4. The molecule has 0 radical (unpaired) electrons. The summed E-state index contributed by atoms with van der Waals surface area (Å²) in [6.45, 7) is 15.4. The summed E-state index contributed by atoms with van der Waals surface area (Å²) in [4.78, 5) is 0. The summed E-state index contributed by atoms with van der Waals surface area (Å²) >= 11 is 0. The van der Waals surface area contributed by atoms with Crippen molar-refractivity contribution in [3.63, 3.8) is 0 Å². The molecule has 2 atom stereocenters. The molecule has 25 heavy (non-hydrogen) atoms. The van der Waals surface area contributed by atoms with E-state index in [4.69, 9.17) is 0 Å². The molecule has 1 aromatic rings. The maximum Gasteiger partial charge on any atom is -0.00102 e. The van der Waals surface area contributed by atoms with Crippen molar-refractivity contribution < 1.29 is 0 Å². The molecule has 0 heterocycles. The van der Waals surface area contributed by atoms with E-state index in [0.29, 0.717) is 11.8 Å². The molecule has 0 spiro atoms. The molecule has 1 aromatic carbocycles. The summed E-state index contributed by atoms with van der Waals surface area (Å²) in [6, 6.07) is 10.7. The Kier molecular flexibility index (Phi) is 9.92. The molecule has 0 aliphatic rings. The first kappa shape index (κ1) is 21.2. The molecule has 0 saturated heterocycles. The highest BCUT2D eigenvalue weighted by Gasteiger charge is 2.04. The molecule has 136 valence electrons. The van der Waals surface area contributed by atoms with Crippen molar-refractivity contribution in [2.45, 2.75) is 66.2 Å². The van der Waals surface area contributed by atoms with Gasteiger partial charge in [-0.15, -0.1) is 0 Å². The Balaban J connectivity index is 2.39. The van der Waals surface area contributed by atoms with Gasteiger partial charge < -0.3 is 0 Å². The Hall–Kier alpha value is -1.82. The van der Waals surface area contributed by atoms with Gasteiger partial charge in [-0.3, -0.25) is 0 Å². The van der Waals surface area contributed by atoms with Crippen LogP contribution < -0.4 is 0 Å². The van der Waals surface area contributed by atoms with Crippen molar-refractivity contribution in [2.75, 3.05) is 0 Å². The first-order valence-corrected chi connectivity index (χ1v) is 9.60. The minimum Gasteiger partial charge on any atom is -0.0993 e. The van der Waals surface area contributed by atoms with Gasteiger partial charge in [-0.2, -0.15) is 0 Å². The molecular weight excluding hydrogens is 300 g/mol. The Labute approximate surface area is 156 Å². The van der Waals surface area contributed by atoms with Gasteiger partial charge in [0.2, 0.25) is 0 Å². The molecule has 0 aliphatic heterocycles. The van der Waals surface area contributed by atoms with Gasteiger partial charge in [0.1, 0.15) is 0 Å². The molecule has 0 aromatic heterocycles. The summed E-state index contributed by atoms with van der Waals surface area (Å²) in [6.07, 6.45) is 13.8. The van der Waals surface area contributed by atoms with Crippen LogP contribution in [0.15, 0.2) is 77.9 Å². The molecule has 1 rings (SSSR count). The van der Waals surface area contributed by atoms with E-state index < -0.39 is 0 Å². The van der Waals surface area contributed by atoms with E-state index >= 15 is 0 Å². The molecule has 0 nitrogen and oxygen atoms in total. The number of hydrogen-bond donors (Lipinski definition) is 0. The monoisotopic (exact) mass is 336 g/mol. The summed E-state index contributed by atoms with van der Waals surface area (Å²) in [5.41, 5.74) is 5.59. The third-order valence-corrected chi connectivity index (χ3v) is 4.71. The number of allylic oxidation sites excluding steroid dienone is 7. The number of rotatable bonds is 10. The quantitative estimate of drug-likeness (QED) is 0.379. The molecule has 0 amide bonds. The van der Waals surface area contributed by atoms with Crippen LogP contribution in [0.2, 0.25) is 0 Å². The lowest BCUT2D eigenvalue weighted by Crippen LogP contribution is -1.96. The zero-order valence-electron chi connectivity index (χ0n) is 16.9. The SMILES string of the molecule is C=C(CC/C=C(\C)CCC=C(C)C)C(C)/C=C/C(C)c1ccccc1. The van der Waals surface area contributed by atoms with Crippen LogP contribution in [0, 0.1) is 5.92 Å². The van der Waals surface area contributed by atoms with E-state index in [2.05, 4.69) is 95.8 Å². The zero-order chi connectivity index (χ0) is 18.7. The summed E-state index contributed by atoms with van der Waals surface area (Å²) in [5.74, 6) is 0.888. The Morgan fingerprint density at radius 1 is 0.920 bits per heavy atom. The molecular formula is C25H36. The summed E-state index contributed by atoms with van der Waals surface area (Å²) < 4.78 is 0. The molecule has 0 fully saturated rings. The van der Waals surface area contributed by atoms with Crippen molar-refractivity contribution in [1.29, 1.82) is 0 Å². The lowest BCUT2D eigenvalue weighted by molar-refractivity contribution is 0.775. The van der Waals surface area contributed by atoms with Crippen LogP contribution >= 0.6 is 0 Å². The highest BCUT2D eigenvalue weighted by molar-refractivity contribution is 5.23. The third kappa shape index (κ3) is 9.29. The van der Waals surface area contributed by atoms with Gasteiger partial charge in [-0.05, 0) is 63.9 Å². The first-order chi connectivity index (χ1) is 11.9. The number of benzene rings is 1. The zero-order valence-corrected chi connectivity index (χ0v) is 16.9. The minimum absolute atomic E-state index is 0.436. The maximum absolute atomic E-state index is 4.30. The second kappa shape index (κ2) is 11.7. The van der Waals surface area contributed by atoms with Crippen LogP contribution in [0.3, 0.4) is 0 Å². The van der Waals surface area contributed by atoms with Crippen LogP contribution in [-0.4, -0.2) is 0 Å². The summed E-state index contributed by atoms with van der Waals surface area (Å²) in [7, 11) is 0. The summed E-state index contributed by atoms with van der Waals surface area (Å²) in [5, 5.41) is 0.